The molecule has 0 bridgehead atoms. The minimum atomic E-state index is -0.958. The van der Waals surface area contributed by atoms with Crippen LogP contribution in [0.2, 0.25) is 0 Å². The summed E-state index contributed by atoms with van der Waals surface area (Å²) in [6.45, 7) is 2.33. The van der Waals surface area contributed by atoms with Gasteiger partial charge in [-0.1, -0.05) is 54.6 Å². The number of hydrogen-bond donors (Lipinski definition) is 2. The highest BCUT2D eigenvalue weighted by molar-refractivity contribution is 5.91. The molecule has 156 valence electrons. The van der Waals surface area contributed by atoms with Crippen molar-refractivity contribution in [2.24, 2.45) is 0 Å². The summed E-state index contributed by atoms with van der Waals surface area (Å²) in [5.74, 6) is -0.606. The summed E-state index contributed by atoms with van der Waals surface area (Å²) in [7, 11) is 0. The molecular weight excluding hydrogens is 393 g/mol. The molecule has 0 fully saturated rings. The van der Waals surface area contributed by atoms with E-state index in [0.717, 1.165) is 22.0 Å². The van der Waals surface area contributed by atoms with Crippen molar-refractivity contribution in [1.82, 2.24) is 0 Å². The zero-order valence-electron chi connectivity index (χ0n) is 17.1. The molecule has 0 aliphatic carbocycles. The van der Waals surface area contributed by atoms with Crippen molar-refractivity contribution < 1.29 is 19.0 Å². The molecule has 4 rings (SSSR count). The standard InChI is InChI=1S/C26H22FNO3/c1-17-20(26(29)30)10-6-12-24(17)28-15-22-21-9-4-2-7-18(21)13-14-25(22)31-16-19-8-3-5-11-23(19)27/h2-14,28H,15-16H2,1H3,(H,29,30). The first kappa shape index (κ1) is 20.4. The number of nitrogens with one attached hydrogen (secondary N) is 1. The Bertz CT molecular complexity index is 1250. The van der Waals surface area contributed by atoms with Gasteiger partial charge in [0.15, 0.2) is 0 Å². The first-order chi connectivity index (χ1) is 15.0. The molecule has 0 unspecified atom stereocenters. The normalized spacial score (nSPS) is 10.8. The van der Waals surface area contributed by atoms with Crippen LogP contribution in [0, 0.1) is 12.7 Å². The second-order valence-corrected chi connectivity index (χ2v) is 7.28. The first-order valence-corrected chi connectivity index (χ1v) is 9.98. The average Bonchev–Trinajstić information content (AvgIpc) is 2.78. The molecule has 0 spiro atoms. The summed E-state index contributed by atoms with van der Waals surface area (Å²) in [5.41, 5.74) is 3.09. The molecule has 0 radical (unpaired) electrons. The van der Waals surface area contributed by atoms with Crippen molar-refractivity contribution in [3.05, 3.63) is 107 Å². The molecule has 0 amide bonds. The molecule has 2 N–H and O–H groups in total. The highest BCUT2D eigenvalue weighted by Gasteiger charge is 2.13. The summed E-state index contributed by atoms with van der Waals surface area (Å²) in [5, 5.41) is 14.8. The predicted octanol–water partition coefficient (Wildman–Crippen LogP) is 6.18. The third kappa shape index (κ3) is 4.36. The fraction of sp³-hybridized carbons (Fsp3) is 0.115. The van der Waals surface area contributed by atoms with Crippen molar-refractivity contribution in [3.8, 4) is 5.75 Å². The SMILES string of the molecule is Cc1c(NCc2c(OCc3ccccc3F)ccc3ccccc23)cccc1C(=O)O. The number of anilines is 1. The van der Waals surface area contributed by atoms with E-state index in [1.54, 1.807) is 37.3 Å². The van der Waals surface area contributed by atoms with Crippen molar-refractivity contribution in [2.45, 2.75) is 20.1 Å². The van der Waals surface area contributed by atoms with E-state index in [-0.39, 0.29) is 18.0 Å². The van der Waals surface area contributed by atoms with Crippen molar-refractivity contribution in [3.63, 3.8) is 0 Å². The second-order valence-electron chi connectivity index (χ2n) is 7.28. The van der Waals surface area contributed by atoms with Crippen molar-refractivity contribution >= 4 is 22.4 Å². The van der Waals surface area contributed by atoms with Crippen LogP contribution >= 0.6 is 0 Å². The zero-order valence-corrected chi connectivity index (χ0v) is 17.1. The number of halogens is 1. The van der Waals surface area contributed by atoms with Crippen LogP contribution < -0.4 is 10.1 Å². The van der Waals surface area contributed by atoms with Gasteiger partial charge in [-0.25, -0.2) is 9.18 Å². The Hall–Kier alpha value is -3.86. The fourth-order valence-corrected chi connectivity index (χ4v) is 3.65. The Labute approximate surface area is 179 Å². The number of carbonyl (C=O) groups is 1. The van der Waals surface area contributed by atoms with Gasteiger partial charge in [0.25, 0.3) is 0 Å². The topological polar surface area (TPSA) is 58.6 Å². The van der Waals surface area contributed by atoms with Gasteiger partial charge in [-0.15, -0.1) is 0 Å². The van der Waals surface area contributed by atoms with Gasteiger partial charge in [0.05, 0.1) is 5.56 Å². The number of hydrogen-bond acceptors (Lipinski definition) is 3. The van der Waals surface area contributed by atoms with Gasteiger partial charge in [0.2, 0.25) is 0 Å². The quantitative estimate of drug-likeness (QED) is 0.379. The van der Waals surface area contributed by atoms with Crippen LogP contribution in [0.1, 0.15) is 27.0 Å². The lowest BCUT2D eigenvalue weighted by atomic mass is 10.0. The van der Waals surface area contributed by atoms with Crippen LogP contribution in [0.25, 0.3) is 10.8 Å². The number of aromatic carboxylic acids is 1. The molecule has 4 aromatic rings. The molecule has 0 aromatic heterocycles. The van der Waals surface area contributed by atoms with E-state index in [9.17, 15) is 14.3 Å². The molecule has 0 heterocycles. The first-order valence-electron chi connectivity index (χ1n) is 9.98. The highest BCUT2D eigenvalue weighted by atomic mass is 19.1. The lowest BCUT2D eigenvalue weighted by molar-refractivity contribution is 0.0696. The molecule has 0 saturated heterocycles. The van der Waals surface area contributed by atoms with E-state index in [0.29, 0.717) is 23.4 Å². The number of ether oxygens (including phenoxy) is 1. The fourth-order valence-electron chi connectivity index (χ4n) is 3.65. The van der Waals surface area contributed by atoms with E-state index in [1.165, 1.54) is 6.07 Å². The minimum absolute atomic E-state index is 0.117. The second kappa shape index (κ2) is 8.88. The highest BCUT2D eigenvalue weighted by Crippen LogP contribution is 2.30. The van der Waals surface area contributed by atoms with E-state index < -0.39 is 5.97 Å². The van der Waals surface area contributed by atoms with Gasteiger partial charge in [-0.3, -0.25) is 0 Å². The van der Waals surface area contributed by atoms with Gasteiger partial charge in [-0.05, 0) is 47.5 Å². The lowest BCUT2D eigenvalue weighted by Crippen LogP contribution is -2.08. The molecule has 4 nitrogen and oxygen atoms in total. The Morgan fingerprint density at radius 1 is 0.968 bits per heavy atom. The summed E-state index contributed by atoms with van der Waals surface area (Å²) in [6, 6.07) is 23.6. The van der Waals surface area contributed by atoms with Crippen LogP contribution in [0.3, 0.4) is 0 Å². The molecule has 0 saturated carbocycles. The van der Waals surface area contributed by atoms with Gasteiger partial charge in [0, 0.05) is 23.4 Å². The maximum Gasteiger partial charge on any atom is 0.336 e. The summed E-state index contributed by atoms with van der Waals surface area (Å²) >= 11 is 0. The monoisotopic (exact) mass is 415 g/mol. The van der Waals surface area contributed by atoms with Crippen LogP contribution in [-0.2, 0) is 13.2 Å². The van der Waals surface area contributed by atoms with Crippen molar-refractivity contribution in [1.29, 1.82) is 0 Å². The Balaban J connectivity index is 1.65. The third-order valence-corrected chi connectivity index (χ3v) is 5.36. The molecule has 0 aliphatic rings. The summed E-state index contributed by atoms with van der Waals surface area (Å²) in [6.07, 6.45) is 0. The Kier molecular flexibility index (Phi) is 5.85. The lowest BCUT2D eigenvalue weighted by Gasteiger charge is -2.17. The average molecular weight is 415 g/mol. The number of rotatable bonds is 7. The van der Waals surface area contributed by atoms with E-state index in [4.69, 9.17) is 4.74 Å². The zero-order chi connectivity index (χ0) is 21.8. The number of carboxylic acids is 1. The molecule has 31 heavy (non-hydrogen) atoms. The Morgan fingerprint density at radius 2 is 1.74 bits per heavy atom. The minimum Gasteiger partial charge on any atom is -0.488 e. The van der Waals surface area contributed by atoms with Crippen LogP contribution in [-0.4, -0.2) is 11.1 Å². The number of carboxylic acid groups (broad SMARTS) is 1. The summed E-state index contributed by atoms with van der Waals surface area (Å²) < 4.78 is 20.0. The predicted molar refractivity (Wildman–Crippen MR) is 120 cm³/mol. The summed E-state index contributed by atoms with van der Waals surface area (Å²) in [4.78, 5) is 11.4. The Morgan fingerprint density at radius 3 is 2.55 bits per heavy atom. The molecule has 0 atom stereocenters. The largest absolute Gasteiger partial charge is 0.488 e. The van der Waals surface area contributed by atoms with Gasteiger partial charge in [0.1, 0.15) is 18.2 Å². The number of benzene rings is 4. The molecule has 4 aromatic carbocycles. The van der Waals surface area contributed by atoms with Gasteiger partial charge < -0.3 is 15.2 Å². The number of fused-ring (bicyclic) bond motifs is 1. The molecular formula is C26H22FNO3. The smallest absolute Gasteiger partial charge is 0.336 e. The van der Waals surface area contributed by atoms with Crippen molar-refractivity contribution in [2.75, 3.05) is 5.32 Å². The van der Waals surface area contributed by atoms with E-state index in [2.05, 4.69) is 5.32 Å². The van der Waals surface area contributed by atoms with Crippen LogP contribution in [0.4, 0.5) is 10.1 Å². The van der Waals surface area contributed by atoms with Gasteiger partial charge in [-0.2, -0.15) is 0 Å². The molecule has 5 heteroatoms. The maximum atomic E-state index is 14.0. The maximum absolute atomic E-state index is 14.0. The van der Waals surface area contributed by atoms with E-state index >= 15 is 0 Å². The molecule has 0 aliphatic heterocycles. The van der Waals surface area contributed by atoms with E-state index in [1.807, 2.05) is 42.5 Å². The van der Waals surface area contributed by atoms with Crippen LogP contribution in [0.15, 0.2) is 78.9 Å². The van der Waals surface area contributed by atoms with Gasteiger partial charge >= 0.3 is 5.97 Å². The third-order valence-electron chi connectivity index (χ3n) is 5.36. The van der Waals surface area contributed by atoms with Crippen LogP contribution in [0.5, 0.6) is 5.75 Å².